The molecule has 0 aliphatic rings. The van der Waals surface area contributed by atoms with Crippen molar-refractivity contribution in [3.8, 4) is 0 Å². The highest BCUT2D eigenvalue weighted by Gasteiger charge is 2.14. The molecule has 54 valence electrons. The average molecular weight is 137 g/mol. The monoisotopic (exact) mass is 137 g/mol. The summed E-state index contributed by atoms with van der Waals surface area (Å²) in [6, 6.07) is 0. The minimum Gasteiger partial charge on any atom is -0.461 e. The van der Waals surface area contributed by atoms with Gasteiger partial charge in [0.05, 0.1) is 7.05 Å². The molecular weight excluding hydrogens is 130 g/mol. The zero-order valence-corrected chi connectivity index (χ0v) is 4.77. The van der Waals surface area contributed by atoms with Gasteiger partial charge in [0.25, 0.3) is 0 Å². The van der Waals surface area contributed by atoms with Crippen LogP contribution in [-0.4, -0.2) is 28.3 Å². The second kappa shape index (κ2) is 3.61. The van der Waals surface area contributed by atoms with Crippen LogP contribution in [0.5, 0.6) is 0 Å². The maximum Gasteiger partial charge on any atom is 0.465 e. The van der Waals surface area contributed by atoms with Gasteiger partial charge < -0.3 is 11.3 Å². The molecule has 0 spiro atoms. The first-order valence-corrected chi connectivity index (χ1v) is 1.66. The van der Waals surface area contributed by atoms with Crippen LogP contribution in [0, 0.1) is 10.1 Å². The zero-order chi connectivity index (χ0) is 6.73. The van der Waals surface area contributed by atoms with Crippen LogP contribution in [0.15, 0.2) is 0 Å². The molecule has 0 heterocycles. The van der Waals surface area contributed by atoms with Crippen molar-refractivity contribution < 1.29 is 14.9 Å². The number of carboxylic acid groups (broad SMARTS) is 1. The predicted molar refractivity (Wildman–Crippen MR) is 27.8 cm³/mol. The topological polar surface area (TPSA) is 119 Å². The van der Waals surface area contributed by atoms with Crippen molar-refractivity contribution in [2.24, 2.45) is 0 Å². The van der Waals surface area contributed by atoms with Crippen LogP contribution >= 0.6 is 0 Å². The molecule has 4 N–H and O–H groups in total. The number of nitro groups is 1. The molecule has 7 heteroatoms. The van der Waals surface area contributed by atoms with Gasteiger partial charge in [-0.15, -0.1) is 0 Å². The van der Waals surface area contributed by atoms with E-state index in [2.05, 4.69) is 0 Å². The zero-order valence-electron chi connectivity index (χ0n) is 4.77. The average Bonchev–Trinajstić information content (AvgIpc) is 1.64. The summed E-state index contributed by atoms with van der Waals surface area (Å²) in [4.78, 5) is 19.1. The maximum atomic E-state index is 9.62. The summed E-state index contributed by atoms with van der Waals surface area (Å²) in [6.45, 7) is 0. The maximum absolute atomic E-state index is 9.62. The fraction of sp³-hybridized carbons (Fsp3) is 0.500. The Morgan fingerprint density at radius 3 is 2.11 bits per heavy atom. The Kier molecular flexibility index (Phi) is 4.24. The SMILES string of the molecule is CN(C(=O)O)[N+](=O)[O-].N. The van der Waals surface area contributed by atoms with E-state index in [9.17, 15) is 14.9 Å². The van der Waals surface area contributed by atoms with Gasteiger partial charge in [0.2, 0.25) is 0 Å². The number of hydrogen-bond donors (Lipinski definition) is 2. The summed E-state index contributed by atoms with van der Waals surface area (Å²) in [5, 5.41) is 16.3. The van der Waals surface area contributed by atoms with Gasteiger partial charge in [-0.2, -0.15) is 0 Å². The van der Waals surface area contributed by atoms with Crippen LogP contribution in [-0.2, 0) is 0 Å². The Morgan fingerprint density at radius 2 is 2.11 bits per heavy atom. The Labute approximate surface area is 50.6 Å². The van der Waals surface area contributed by atoms with E-state index < -0.39 is 11.1 Å². The molecule has 0 rings (SSSR count). The van der Waals surface area contributed by atoms with Gasteiger partial charge in [0.15, 0.2) is 5.03 Å². The second-order valence-electron chi connectivity index (χ2n) is 1.04. The Bertz CT molecular complexity index is 109. The molecule has 0 aliphatic carbocycles. The lowest BCUT2D eigenvalue weighted by atomic mass is 11.1. The number of amides is 1. The van der Waals surface area contributed by atoms with Crippen molar-refractivity contribution in [2.75, 3.05) is 7.05 Å². The van der Waals surface area contributed by atoms with Crippen molar-refractivity contribution in [3.05, 3.63) is 10.1 Å². The number of nitrogens with zero attached hydrogens (tertiary/aromatic N) is 2. The Hall–Kier alpha value is -1.37. The number of hydrogen-bond acceptors (Lipinski definition) is 4. The normalized spacial score (nSPS) is 7.22. The third kappa shape index (κ3) is 3.23. The van der Waals surface area contributed by atoms with Gasteiger partial charge in [-0.25, -0.2) is 14.9 Å². The first-order chi connectivity index (χ1) is 3.55. The van der Waals surface area contributed by atoms with E-state index in [1.807, 2.05) is 0 Å². The van der Waals surface area contributed by atoms with Crippen LogP contribution in [0.3, 0.4) is 0 Å². The molecule has 0 saturated heterocycles. The van der Waals surface area contributed by atoms with Gasteiger partial charge in [-0.1, -0.05) is 0 Å². The van der Waals surface area contributed by atoms with Crippen molar-refractivity contribution in [1.29, 1.82) is 0 Å². The molecule has 0 bridgehead atoms. The highest BCUT2D eigenvalue weighted by Crippen LogP contribution is 1.80. The Morgan fingerprint density at radius 1 is 1.78 bits per heavy atom. The van der Waals surface area contributed by atoms with E-state index in [-0.39, 0.29) is 11.2 Å². The van der Waals surface area contributed by atoms with E-state index in [4.69, 9.17) is 5.11 Å². The van der Waals surface area contributed by atoms with Crippen molar-refractivity contribution in [1.82, 2.24) is 11.2 Å². The quantitative estimate of drug-likeness (QED) is 0.387. The first kappa shape index (κ1) is 10.6. The van der Waals surface area contributed by atoms with Crippen LogP contribution in [0.2, 0.25) is 0 Å². The van der Waals surface area contributed by atoms with Gasteiger partial charge in [-0.3, -0.25) is 0 Å². The number of carbonyl (C=O) groups is 1. The lowest BCUT2D eigenvalue weighted by Crippen LogP contribution is -2.30. The molecular formula is C2H7N3O4. The minimum atomic E-state index is -1.57. The fourth-order valence-electron chi connectivity index (χ4n) is 0.0698. The molecule has 0 unspecified atom stereocenters. The first-order valence-electron chi connectivity index (χ1n) is 1.66. The van der Waals surface area contributed by atoms with E-state index >= 15 is 0 Å². The summed E-state index contributed by atoms with van der Waals surface area (Å²) >= 11 is 0. The van der Waals surface area contributed by atoms with E-state index in [1.165, 1.54) is 0 Å². The van der Waals surface area contributed by atoms with E-state index in [0.29, 0.717) is 0 Å². The second-order valence-corrected chi connectivity index (χ2v) is 1.04. The largest absolute Gasteiger partial charge is 0.465 e. The lowest BCUT2D eigenvalue weighted by Gasteiger charge is -1.97. The minimum absolute atomic E-state index is 0. The molecule has 0 saturated carbocycles. The summed E-state index contributed by atoms with van der Waals surface area (Å²) in [6.07, 6.45) is -1.57. The summed E-state index contributed by atoms with van der Waals surface area (Å²) < 4.78 is 0. The summed E-state index contributed by atoms with van der Waals surface area (Å²) in [5.74, 6) is 0. The van der Waals surface area contributed by atoms with E-state index in [0.717, 1.165) is 7.05 Å². The Balaban J connectivity index is 0. The molecule has 0 aromatic heterocycles. The summed E-state index contributed by atoms with van der Waals surface area (Å²) in [7, 11) is 0.850. The van der Waals surface area contributed by atoms with Crippen LogP contribution in [0.1, 0.15) is 0 Å². The van der Waals surface area contributed by atoms with Gasteiger partial charge >= 0.3 is 6.09 Å². The third-order valence-electron chi connectivity index (χ3n) is 0.522. The fourth-order valence-corrected chi connectivity index (χ4v) is 0.0698. The van der Waals surface area contributed by atoms with Gasteiger partial charge in [0.1, 0.15) is 0 Å². The van der Waals surface area contributed by atoms with Gasteiger partial charge in [-0.05, 0) is 5.01 Å². The molecule has 0 aromatic carbocycles. The molecule has 0 fully saturated rings. The molecule has 0 aliphatic heterocycles. The molecule has 0 aromatic rings. The molecule has 9 heavy (non-hydrogen) atoms. The summed E-state index contributed by atoms with van der Waals surface area (Å²) in [5.41, 5.74) is 0. The van der Waals surface area contributed by atoms with Gasteiger partial charge in [0, 0.05) is 0 Å². The number of rotatable bonds is 1. The van der Waals surface area contributed by atoms with Crippen molar-refractivity contribution in [2.45, 2.75) is 0 Å². The number of hydrazine groups is 1. The van der Waals surface area contributed by atoms with Crippen molar-refractivity contribution in [3.63, 3.8) is 0 Å². The lowest BCUT2D eigenvalue weighted by molar-refractivity contribution is -0.628. The smallest absolute Gasteiger partial charge is 0.461 e. The van der Waals surface area contributed by atoms with E-state index in [1.54, 1.807) is 0 Å². The molecule has 7 nitrogen and oxygen atoms in total. The standard InChI is InChI=1S/C2H4N2O4.H3N/c1-3(2(5)6)4(7)8;/h1H3,(H,5,6);1H3. The third-order valence-corrected chi connectivity index (χ3v) is 0.522. The molecule has 1 amide bonds. The van der Waals surface area contributed by atoms with Crippen molar-refractivity contribution >= 4 is 6.09 Å². The molecule has 0 atom stereocenters. The highest BCUT2D eigenvalue weighted by molar-refractivity contribution is 5.62. The highest BCUT2D eigenvalue weighted by atomic mass is 16.7. The molecule has 0 radical (unpaired) electrons. The van der Waals surface area contributed by atoms with Crippen LogP contribution in [0.25, 0.3) is 0 Å². The predicted octanol–water partition coefficient (Wildman–Crippen LogP) is -0.0501. The van der Waals surface area contributed by atoms with Crippen LogP contribution in [0.4, 0.5) is 4.79 Å². The van der Waals surface area contributed by atoms with Crippen LogP contribution < -0.4 is 6.15 Å².